The lowest BCUT2D eigenvalue weighted by Crippen LogP contribution is -2.53. The summed E-state index contributed by atoms with van der Waals surface area (Å²) >= 11 is 0. The van der Waals surface area contributed by atoms with Gasteiger partial charge >= 0.3 is 6.03 Å². The number of piperazine rings is 1. The predicted molar refractivity (Wildman–Crippen MR) is 105 cm³/mol. The molecule has 2 aliphatic rings. The van der Waals surface area contributed by atoms with Gasteiger partial charge in [0.25, 0.3) is 0 Å². The molecule has 1 saturated carbocycles. The molecule has 0 radical (unpaired) electrons. The molecule has 1 aromatic carbocycles. The van der Waals surface area contributed by atoms with Crippen LogP contribution in [-0.4, -0.2) is 47.1 Å². The maximum atomic E-state index is 12.9. The number of nitrogens with zero attached hydrogens (tertiary/aromatic N) is 4. The van der Waals surface area contributed by atoms with Crippen LogP contribution in [0.15, 0.2) is 48.8 Å². The minimum Gasteiger partial charge on any atom is -0.337 e. The van der Waals surface area contributed by atoms with Crippen LogP contribution in [0.25, 0.3) is 0 Å². The van der Waals surface area contributed by atoms with Crippen LogP contribution in [0.5, 0.6) is 0 Å². The van der Waals surface area contributed by atoms with Crippen molar-refractivity contribution in [3.8, 4) is 0 Å². The van der Waals surface area contributed by atoms with Crippen LogP contribution in [0.4, 0.5) is 10.7 Å². The number of hydrogen-bond acceptors (Lipinski definition) is 4. The number of amides is 2. The van der Waals surface area contributed by atoms with Crippen LogP contribution in [0.3, 0.4) is 0 Å². The van der Waals surface area contributed by atoms with E-state index in [1.54, 1.807) is 12.4 Å². The standard InChI is InChI=1S/C21H27N5O/c27-21(26-15-13-25(14-16-26)20-22-11-6-12-23-20)24-19(18-9-4-5-10-18)17-7-2-1-3-8-17/h1-3,6-8,11-12,18-19H,4-5,9-10,13-16H2,(H,24,27). The van der Waals surface area contributed by atoms with Gasteiger partial charge in [-0.05, 0) is 30.4 Å². The van der Waals surface area contributed by atoms with Gasteiger partial charge in [-0.2, -0.15) is 0 Å². The summed E-state index contributed by atoms with van der Waals surface area (Å²) in [6.07, 6.45) is 8.43. The Morgan fingerprint density at radius 3 is 2.30 bits per heavy atom. The minimum atomic E-state index is 0.0457. The molecule has 1 saturated heterocycles. The van der Waals surface area contributed by atoms with E-state index in [1.165, 1.54) is 31.2 Å². The van der Waals surface area contributed by atoms with Crippen LogP contribution in [0, 0.1) is 5.92 Å². The maximum Gasteiger partial charge on any atom is 0.318 e. The molecule has 2 aromatic rings. The monoisotopic (exact) mass is 365 g/mol. The molecule has 0 bridgehead atoms. The predicted octanol–water partition coefficient (Wildman–Crippen LogP) is 3.24. The van der Waals surface area contributed by atoms with Crippen molar-refractivity contribution in [3.63, 3.8) is 0 Å². The first kappa shape index (κ1) is 17.8. The average Bonchev–Trinajstić information content (AvgIpc) is 3.28. The third-order valence-corrected chi connectivity index (χ3v) is 5.71. The van der Waals surface area contributed by atoms with E-state index in [1.807, 2.05) is 17.0 Å². The molecule has 6 nitrogen and oxygen atoms in total. The molecule has 142 valence electrons. The fraction of sp³-hybridized carbons (Fsp3) is 0.476. The summed E-state index contributed by atoms with van der Waals surface area (Å²) in [4.78, 5) is 25.6. The van der Waals surface area contributed by atoms with Crippen molar-refractivity contribution in [2.45, 2.75) is 31.7 Å². The Kier molecular flexibility index (Phi) is 5.51. The molecule has 1 aliphatic carbocycles. The smallest absolute Gasteiger partial charge is 0.318 e. The van der Waals surface area contributed by atoms with E-state index in [-0.39, 0.29) is 12.1 Å². The minimum absolute atomic E-state index is 0.0457. The molecule has 27 heavy (non-hydrogen) atoms. The summed E-state index contributed by atoms with van der Waals surface area (Å²) in [5.74, 6) is 1.28. The molecule has 2 fully saturated rings. The zero-order chi connectivity index (χ0) is 18.5. The van der Waals surface area contributed by atoms with Gasteiger partial charge < -0.3 is 15.1 Å². The molecular formula is C21H27N5O. The first-order valence-electron chi connectivity index (χ1n) is 9.93. The quantitative estimate of drug-likeness (QED) is 0.904. The van der Waals surface area contributed by atoms with Crippen molar-refractivity contribution in [1.29, 1.82) is 0 Å². The second-order valence-corrected chi connectivity index (χ2v) is 7.41. The Morgan fingerprint density at radius 1 is 0.963 bits per heavy atom. The van der Waals surface area contributed by atoms with Crippen LogP contribution in [0.2, 0.25) is 0 Å². The molecule has 0 spiro atoms. The maximum absolute atomic E-state index is 12.9. The van der Waals surface area contributed by atoms with Crippen molar-refractivity contribution in [3.05, 3.63) is 54.4 Å². The van der Waals surface area contributed by atoms with Crippen molar-refractivity contribution in [1.82, 2.24) is 20.2 Å². The van der Waals surface area contributed by atoms with Gasteiger partial charge in [0.2, 0.25) is 5.95 Å². The van der Waals surface area contributed by atoms with E-state index in [0.29, 0.717) is 19.0 Å². The molecule has 6 heteroatoms. The number of carbonyl (C=O) groups excluding carboxylic acids is 1. The lowest BCUT2D eigenvalue weighted by Gasteiger charge is -2.36. The van der Waals surface area contributed by atoms with E-state index >= 15 is 0 Å². The molecule has 1 aliphatic heterocycles. The van der Waals surface area contributed by atoms with E-state index in [2.05, 4.69) is 44.5 Å². The third kappa shape index (κ3) is 4.21. The fourth-order valence-electron chi connectivity index (χ4n) is 4.21. The summed E-state index contributed by atoms with van der Waals surface area (Å²) in [5, 5.41) is 3.34. The number of aromatic nitrogens is 2. The molecule has 2 heterocycles. The van der Waals surface area contributed by atoms with Gasteiger partial charge in [-0.3, -0.25) is 0 Å². The lowest BCUT2D eigenvalue weighted by atomic mass is 9.92. The SMILES string of the molecule is O=C(NC(c1ccccc1)C1CCCC1)N1CCN(c2ncccn2)CC1. The largest absolute Gasteiger partial charge is 0.337 e. The Balaban J connectivity index is 1.38. The number of rotatable bonds is 4. The molecule has 1 unspecified atom stereocenters. The first-order valence-corrected chi connectivity index (χ1v) is 9.93. The second kappa shape index (κ2) is 8.37. The van der Waals surface area contributed by atoms with Crippen LogP contribution >= 0.6 is 0 Å². The van der Waals surface area contributed by atoms with Crippen molar-refractivity contribution < 1.29 is 4.79 Å². The number of benzene rings is 1. The average molecular weight is 365 g/mol. The number of anilines is 1. The van der Waals surface area contributed by atoms with Crippen molar-refractivity contribution >= 4 is 12.0 Å². The molecule has 1 atom stereocenters. The zero-order valence-electron chi connectivity index (χ0n) is 15.6. The highest BCUT2D eigenvalue weighted by atomic mass is 16.2. The van der Waals surface area contributed by atoms with E-state index in [4.69, 9.17) is 0 Å². The Labute approximate surface area is 160 Å². The molecule has 4 rings (SSSR count). The first-order chi connectivity index (χ1) is 13.3. The third-order valence-electron chi connectivity index (χ3n) is 5.71. The van der Waals surface area contributed by atoms with E-state index in [0.717, 1.165) is 19.0 Å². The number of nitrogens with one attached hydrogen (secondary N) is 1. The van der Waals surface area contributed by atoms with Gasteiger partial charge in [0.1, 0.15) is 0 Å². The Morgan fingerprint density at radius 2 is 1.63 bits per heavy atom. The van der Waals surface area contributed by atoms with Gasteiger partial charge in [0, 0.05) is 38.6 Å². The highest BCUT2D eigenvalue weighted by molar-refractivity contribution is 5.75. The molecule has 1 aromatic heterocycles. The summed E-state index contributed by atoms with van der Waals surface area (Å²) in [7, 11) is 0. The number of carbonyl (C=O) groups is 1. The summed E-state index contributed by atoms with van der Waals surface area (Å²) in [6.45, 7) is 2.90. The normalized spacial score (nSPS) is 19.1. The molecule has 2 amide bonds. The molecule has 1 N–H and O–H groups in total. The summed E-state index contributed by atoms with van der Waals surface area (Å²) in [5.41, 5.74) is 1.22. The van der Waals surface area contributed by atoms with Gasteiger partial charge in [-0.15, -0.1) is 0 Å². The fourth-order valence-corrected chi connectivity index (χ4v) is 4.21. The topological polar surface area (TPSA) is 61.4 Å². The number of hydrogen-bond donors (Lipinski definition) is 1. The van der Waals surface area contributed by atoms with Gasteiger partial charge in [-0.1, -0.05) is 43.2 Å². The van der Waals surface area contributed by atoms with Gasteiger partial charge in [-0.25, -0.2) is 14.8 Å². The summed E-state index contributed by atoms with van der Waals surface area (Å²) < 4.78 is 0. The van der Waals surface area contributed by atoms with Crippen LogP contribution < -0.4 is 10.2 Å². The van der Waals surface area contributed by atoms with Crippen molar-refractivity contribution in [2.24, 2.45) is 5.92 Å². The van der Waals surface area contributed by atoms with Crippen molar-refractivity contribution in [2.75, 3.05) is 31.1 Å². The highest BCUT2D eigenvalue weighted by Gasteiger charge is 2.30. The van der Waals surface area contributed by atoms with Gasteiger partial charge in [0.15, 0.2) is 0 Å². The lowest BCUT2D eigenvalue weighted by molar-refractivity contribution is 0.185. The van der Waals surface area contributed by atoms with Crippen LogP contribution in [-0.2, 0) is 0 Å². The highest BCUT2D eigenvalue weighted by Crippen LogP contribution is 2.35. The Hall–Kier alpha value is -2.63. The Bertz CT molecular complexity index is 725. The van der Waals surface area contributed by atoms with E-state index in [9.17, 15) is 4.79 Å². The molecular weight excluding hydrogens is 338 g/mol. The van der Waals surface area contributed by atoms with E-state index < -0.39 is 0 Å². The van der Waals surface area contributed by atoms with Crippen LogP contribution in [0.1, 0.15) is 37.3 Å². The summed E-state index contributed by atoms with van der Waals surface area (Å²) in [6, 6.07) is 12.4. The zero-order valence-corrected chi connectivity index (χ0v) is 15.6. The number of urea groups is 1. The van der Waals surface area contributed by atoms with Gasteiger partial charge in [0.05, 0.1) is 6.04 Å². The second-order valence-electron chi connectivity index (χ2n) is 7.41.